The summed E-state index contributed by atoms with van der Waals surface area (Å²) in [6, 6.07) is 0.157. The van der Waals surface area contributed by atoms with Gasteiger partial charge in [-0.05, 0) is 20.2 Å². The van der Waals surface area contributed by atoms with Crippen molar-refractivity contribution in [3.8, 4) is 0 Å². The van der Waals surface area contributed by atoms with Gasteiger partial charge in [0.05, 0.1) is 19.3 Å². The molecule has 1 saturated heterocycles. The van der Waals surface area contributed by atoms with E-state index in [0.717, 1.165) is 6.54 Å². The highest BCUT2D eigenvalue weighted by molar-refractivity contribution is 5.87. The number of carbonyl (C=O) groups is 1. The summed E-state index contributed by atoms with van der Waals surface area (Å²) in [5.41, 5.74) is 0. The van der Waals surface area contributed by atoms with Crippen LogP contribution in [-0.2, 0) is 9.53 Å². The summed E-state index contributed by atoms with van der Waals surface area (Å²) in [7, 11) is 3.98. The van der Waals surface area contributed by atoms with Gasteiger partial charge < -0.3 is 14.5 Å². The highest BCUT2D eigenvalue weighted by atomic mass is 16.5. The Bertz CT molecular complexity index is 216. The molecule has 0 aromatic heterocycles. The van der Waals surface area contributed by atoms with Gasteiger partial charge in [0.15, 0.2) is 0 Å². The van der Waals surface area contributed by atoms with Gasteiger partial charge >= 0.3 is 0 Å². The maximum Gasteiger partial charge on any atom is 0.246 e. The summed E-state index contributed by atoms with van der Waals surface area (Å²) in [4.78, 5) is 15.4. The van der Waals surface area contributed by atoms with Crippen LogP contribution in [0.4, 0.5) is 0 Å². The Morgan fingerprint density at radius 1 is 1.71 bits per heavy atom. The van der Waals surface area contributed by atoms with E-state index < -0.39 is 0 Å². The van der Waals surface area contributed by atoms with E-state index in [1.807, 2.05) is 19.0 Å². The van der Waals surface area contributed by atoms with Crippen molar-refractivity contribution in [3.05, 3.63) is 12.7 Å². The lowest BCUT2D eigenvalue weighted by Gasteiger charge is -2.36. The second-order valence-electron chi connectivity index (χ2n) is 3.73. The van der Waals surface area contributed by atoms with E-state index in [0.29, 0.717) is 19.8 Å². The Kier molecular flexibility index (Phi) is 4.10. The lowest BCUT2D eigenvalue weighted by molar-refractivity contribution is -0.135. The van der Waals surface area contributed by atoms with Gasteiger partial charge in [0.2, 0.25) is 5.91 Å². The number of likely N-dealkylation sites (N-methyl/N-ethyl adjacent to an activating group) is 1. The molecule has 0 bridgehead atoms. The normalized spacial score (nSPS) is 22.5. The summed E-state index contributed by atoms with van der Waals surface area (Å²) in [5.74, 6) is 0.000139. The van der Waals surface area contributed by atoms with E-state index in [4.69, 9.17) is 4.74 Å². The summed E-state index contributed by atoms with van der Waals surface area (Å²) >= 11 is 0. The number of ether oxygens (including phenoxy) is 1. The van der Waals surface area contributed by atoms with Crippen LogP contribution in [0, 0.1) is 0 Å². The second kappa shape index (κ2) is 5.12. The van der Waals surface area contributed by atoms with Gasteiger partial charge in [0.1, 0.15) is 0 Å². The smallest absolute Gasteiger partial charge is 0.246 e. The monoisotopic (exact) mass is 198 g/mol. The van der Waals surface area contributed by atoms with Crippen molar-refractivity contribution < 1.29 is 9.53 Å². The molecule has 1 heterocycles. The second-order valence-corrected chi connectivity index (χ2v) is 3.73. The molecule has 1 rings (SSSR count). The van der Waals surface area contributed by atoms with Crippen molar-refractivity contribution in [2.24, 2.45) is 0 Å². The van der Waals surface area contributed by atoms with Gasteiger partial charge in [0, 0.05) is 13.1 Å². The molecule has 4 nitrogen and oxygen atoms in total. The average Bonchev–Trinajstić information content (AvgIpc) is 2.16. The van der Waals surface area contributed by atoms with Crippen LogP contribution in [0.2, 0.25) is 0 Å². The summed E-state index contributed by atoms with van der Waals surface area (Å²) in [6.07, 6.45) is 1.37. The van der Waals surface area contributed by atoms with E-state index in [2.05, 4.69) is 11.5 Å². The van der Waals surface area contributed by atoms with Crippen LogP contribution in [0.3, 0.4) is 0 Å². The van der Waals surface area contributed by atoms with E-state index in [9.17, 15) is 4.79 Å². The third-order valence-electron chi connectivity index (χ3n) is 2.26. The topological polar surface area (TPSA) is 32.8 Å². The first-order chi connectivity index (χ1) is 6.65. The van der Waals surface area contributed by atoms with Crippen molar-refractivity contribution >= 4 is 5.91 Å². The Labute approximate surface area is 85.1 Å². The number of morpholine rings is 1. The lowest BCUT2D eigenvalue weighted by Crippen LogP contribution is -2.52. The quantitative estimate of drug-likeness (QED) is 0.597. The largest absolute Gasteiger partial charge is 0.377 e. The van der Waals surface area contributed by atoms with Crippen LogP contribution in [0.25, 0.3) is 0 Å². The summed E-state index contributed by atoms with van der Waals surface area (Å²) in [6.45, 7) is 6.26. The van der Waals surface area contributed by atoms with Crippen molar-refractivity contribution in [3.63, 3.8) is 0 Å². The molecule has 0 aromatic rings. The molecule has 0 saturated carbocycles. The first-order valence-electron chi connectivity index (χ1n) is 4.80. The van der Waals surface area contributed by atoms with Gasteiger partial charge in [-0.3, -0.25) is 4.79 Å². The van der Waals surface area contributed by atoms with Gasteiger partial charge in [-0.25, -0.2) is 0 Å². The number of rotatable bonds is 3. The molecule has 1 atom stereocenters. The van der Waals surface area contributed by atoms with E-state index >= 15 is 0 Å². The highest BCUT2D eigenvalue weighted by Crippen LogP contribution is 2.08. The first kappa shape index (κ1) is 11.2. The van der Waals surface area contributed by atoms with Crippen molar-refractivity contribution in [1.82, 2.24) is 9.80 Å². The average molecular weight is 198 g/mol. The van der Waals surface area contributed by atoms with Gasteiger partial charge in [-0.2, -0.15) is 0 Å². The molecular weight excluding hydrogens is 180 g/mol. The fourth-order valence-electron chi connectivity index (χ4n) is 1.63. The first-order valence-corrected chi connectivity index (χ1v) is 4.80. The number of hydrogen-bond donors (Lipinski definition) is 0. The molecule has 0 aromatic carbocycles. The van der Waals surface area contributed by atoms with Crippen molar-refractivity contribution in [1.29, 1.82) is 0 Å². The molecular formula is C10H18N2O2. The molecule has 1 aliphatic rings. The fraction of sp³-hybridized carbons (Fsp3) is 0.700. The molecule has 4 heteroatoms. The van der Waals surface area contributed by atoms with E-state index in [-0.39, 0.29) is 11.9 Å². The minimum Gasteiger partial charge on any atom is -0.377 e. The maximum absolute atomic E-state index is 11.5. The third kappa shape index (κ3) is 2.82. The van der Waals surface area contributed by atoms with Crippen LogP contribution < -0.4 is 0 Å². The zero-order valence-electron chi connectivity index (χ0n) is 8.90. The van der Waals surface area contributed by atoms with Crippen LogP contribution in [-0.4, -0.2) is 62.1 Å². The van der Waals surface area contributed by atoms with Gasteiger partial charge in [-0.15, -0.1) is 0 Å². The highest BCUT2D eigenvalue weighted by Gasteiger charge is 2.25. The predicted octanol–water partition coefficient (Wildman–Crippen LogP) is -0.0386. The third-order valence-corrected chi connectivity index (χ3v) is 2.26. The zero-order chi connectivity index (χ0) is 10.6. The van der Waals surface area contributed by atoms with Crippen LogP contribution in [0.1, 0.15) is 0 Å². The van der Waals surface area contributed by atoms with Crippen LogP contribution >= 0.6 is 0 Å². The molecule has 1 fully saturated rings. The fourth-order valence-corrected chi connectivity index (χ4v) is 1.63. The van der Waals surface area contributed by atoms with Crippen LogP contribution in [0.5, 0.6) is 0 Å². The molecule has 1 unspecified atom stereocenters. The van der Waals surface area contributed by atoms with Gasteiger partial charge in [-0.1, -0.05) is 6.58 Å². The van der Waals surface area contributed by atoms with E-state index in [1.54, 1.807) is 0 Å². The molecule has 14 heavy (non-hydrogen) atoms. The zero-order valence-corrected chi connectivity index (χ0v) is 8.90. The Morgan fingerprint density at radius 3 is 3.00 bits per heavy atom. The molecule has 0 radical (unpaired) electrons. The Morgan fingerprint density at radius 2 is 2.43 bits per heavy atom. The molecule has 0 aliphatic carbocycles. The van der Waals surface area contributed by atoms with Gasteiger partial charge in [0.25, 0.3) is 0 Å². The molecule has 0 N–H and O–H groups in total. The van der Waals surface area contributed by atoms with Crippen molar-refractivity contribution in [2.75, 3.05) is 40.4 Å². The number of amides is 1. The van der Waals surface area contributed by atoms with Crippen molar-refractivity contribution in [2.45, 2.75) is 6.04 Å². The molecule has 80 valence electrons. The van der Waals surface area contributed by atoms with Crippen LogP contribution in [0.15, 0.2) is 12.7 Å². The summed E-state index contributed by atoms with van der Waals surface area (Å²) < 4.78 is 5.35. The number of carbonyl (C=O) groups excluding carboxylic acids is 1. The minimum absolute atomic E-state index is 0.000139. The standard InChI is InChI=1S/C10H18N2O2/c1-4-10(13)12-5-6-14-8-9(12)7-11(2)3/h4,9H,1,5-8H2,2-3H3. The number of hydrogen-bond acceptors (Lipinski definition) is 3. The number of nitrogens with zero attached hydrogens (tertiary/aromatic N) is 2. The SMILES string of the molecule is C=CC(=O)N1CCOCC1CN(C)C. The molecule has 1 amide bonds. The van der Waals surface area contributed by atoms with E-state index in [1.165, 1.54) is 6.08 Å². The Hall–Kier alpha value is -0.870. The molecule has 0 spiro atoms. The Balaban J connectivity index is 2.58. The summed E-state index contributed by atoms with van der Waals surface area (Å²) in [5, 5.41) is 0. The minimum atomic E-state index is 0.000139. The maximum atomic E-state index is 11.5. The molecule has 1 aliphatic heterocycles. The lowest BCUT2D eigenvalue weighted by atomic mass is 10.2. The predicted molar refractivity (Wildman–Crippen MR) is 55.1 cm³/mol.